The summed E-state index contributed by atoms with van der Waals surface area (Å²) in [4.78, 5) is 9.02. The summed E-state index contributed by atoms with van der Waals surface area (Å²) in [5.74, 6) is 2.13. The normalized spacial score (nSPS) is 10.4. The Morgan fingerprint density at radius 1 is 0.840 bits per heavy atom. The van der Waals surface area contributed by atoms with Crippen molar-refractivity contribution in [3.8, 4) is 5.75 Å². The summed E-state index contributed by atoms with van der Waals surface area (Å²) < 4.78 is 5.17. The van der Waals surface area contributed by atoms with Crippen LogP contribution in [0.2, 0.25) is 0 Å². The highest BCUT2D eigenvalue weighted by Gasteiger charge is 2.05. The van der Waals surface area contributed by atoms with Gasteiger partial charge in [0.05, 0.1) is 7.11 Å². The number of nitrogens with one attached hydrogen (secondary N) is 2. The van der Waals surface area contributed by atoms with Crippen LogP contribution in [0.3, 0.4) is 0 Å². The second-order valence-corrected chi connectivity index (χ2v) is 6.02. The van der Waals surface area contributed by atoms with Crippen molar-refractivity contribution in [2.45, 2.75) is 20.8 Å². The van der Waals surface area contributed by atoms with Gasteiger partial charge in [0.25, 0.3) is 0 Å². The molecule has 0 aliphatic heterocycles. The Morgan fingerprint density at radius 3 is 2.28 bits per heavy atom. The lowest BCUT2D eigenvalue weighted by Gasteiger charge is -2.12. The van der Waals surface area contributed by atoms with Gasteiger partial charge in [0.1, 0.15) is 11.6 Å². The van der Waals surface area contributed by atoms with Gasteiger partial charge in [-0.1, -0.05) is 17.7 Å². The first-order valence-electron chi connectivity index (χ1n) is 8.14. The third-order valence-electron chi connectivity index (χ3n) is 3.85. The Balaban J connectivity index is 1.82. The predicted octanol–water partition coefficient (Wildman–Crippen LogP) is 4.90. The first-order valence-corrected chi connectivity index (χ1v) is 8.14. The number of rotatable bonds is 5. The SMILES string of the molecule is COc1ccc(Nc2nc(C)cc(Nc3ccc(C)cc3C)n2)cc1. The van der Waals surface area contributed by atoms with E-state index >= 15 is 0 Å². The number of methoxy groups -OCH3 is 1. The molecule has 2 aromatic carbocycles. The van der Waals surface area contributed by atoms with Crippen molar-refractivity contribution in [1.29, 1.82) is 0 Å². The predicted molar refractivity (Wildman–Crippen MR) is 102 cm³/mol. The topological polar surface area (TPSA) is 59.1 Å². The number of nitrogens with zero attached hydrogens (tertiary/aromatic N) is 2. The highest BCUT2D eigenvalue weighted by Crippen LogP contribution is 2.23. The van der Waals surface area contributed by atoms with Crippen molar-refractivity contribution in [2.24, 2.45) is 0 Å². The Labute approximate surface area is 148 Å². The van der Waals surface area contributed by atoms with Gasteiger partial charge in [-0.05, 0) is 56.7 Å². The van der Waals surface area contributed by atoms with Gasteiger partial charge < -0.3 is 15.4 Å². The van der Waals surface area contributed by atoms with Crippen molar-refractivity contribution in [2.75, 3.05) is 17.7 Å². The molecule has 0 saturated heterocycles. The lowest BCUT2D eigenvalue weighted by atomic mass is 10.1. The summed E-state index contributed by atoms with van der Waals surface area (Å²) >= 11 is 0. The molecule has 25 heavy (non-hydrogen) atoms. The third-order valence-corrected chi connectivity index (χ3v) is 3.85. The van der Waals surface area contributed by atoms with Gasteiger partial charge in [0.2, 0.25) is 5.95 Å². The molecule has 0 aliphatic carbocycles. The molecule has 1 heterocycles. The molecule has 0 amide bonds. The standard InChI is InChI=1S/C20H22N4O/c1-13-5-10-18(14(2)11-13)23-19-12-15(3)21-20(24-19)22-16-6-8-17(25-4)9-7-16/h5-12H,1-4H3,(H2,21,22,23,24). The quantitative estimate of drug-likeness (QED) is 0.695. The Morgan fingerprint density at radius 2 is 1.60 bits per heavy atom. The third kappa shape index (κ3) is 4.26. The van der Waals surface area contributed by atoms with Gasteiger partial charge in [0.15, 0.2) is 0 Å². The van der Waals surface area contributed by atoms with Crippen molar-refractivity contribution < 1.29 is 4.74 Å². The number of ether oxygens (including phenoxy) is 1. The summed E-state index contributed by atoms with van der Waals surface area (Å²) in [6, 6.07) is 15.9. The molecule has 5 heteroatoms. The molecule has 5 nitrogen and oxygen atoms in total. The molecular formula is C20H22N4O. The van der Waals surface area contributed by atoms with Crippen LogP contribution in [0.25, 0.3) is 0 Å². The fourth-order valence-corrected chi connectivity index (χ4v) is 2.58. The molecule has 3 aromatic rings. The largest absolute Gasteiger partial charge is 0.497 e. The molecule has 0 radical (unpaired) electrons. The number of hydrogen-bond acceptors (Lipinski definition) is 5. The van der Waals surface area contributed by atoms with E-state index in [9.17, 15) is 0 Å². The summed E-state index contributed by atoms with van der Waals surface area (Å²) in [5, 5.41) is 6.60. The van der Waals surface area contributed by atoms with Crippen molar-refractivity contribution in [3.63, 3.8) is 0 Å². The minimum Gasteiger partial charge on any atom is -0.497 e. The van der Waals surface area contributed by atoms with E-state index in [0.717, 1.165) is 28.6 Å². The van der Waals surface area contributed by atoms with Crippen LogP contribution in [0.4, 0.5) is 23.1 Å². The maximum absolute atomic E-state index is 5.17. The maximum atomic E-state index is 5.17. The second-order valence-electron chi connectivity index (χ2n) is 6.02. The van der Waals surface area contributed by atoms with Crippen LogP contribution in [0.15, 0.2) is 48.5 Å². The van der Waals surface area contributed by atoms with Gasteiger partial charge in [-0.2, -0.15) is 4.98 Å². The highest BCUT2D eigenvalue weighted by molar-refractivity contribution is 5.63. The highest BCUT2D eigenvalue weighted by atomic mass is 16.5. The zero-order valence-corrected chi connectivity index (χ0v) is 14.9. The Kier molecular flexibility index (Phi) is 4.84. The van der Waals surface area contributed by atoms with E-state index in [1.54, 1.807) is 7.11 Å². The maximum Gasteiger partial charge on any atom is 0.229 e. The fraction of sp³-hybridized carbons (Fsp3) is 0.200. The number of hydrogen-bond donors (Lipinski definition) is 2. The van der Waals surface area contributed by atoms with Crippen molar-refractivity contribution in [1.82, 2.24) is 9.97 Å². The van der Waals surface area contributed by atoms with E-state index in [4.69, 9.17) is 4.74 Å². The van der Waals surface area contributed by atoms with Crippen LogP contribution in [0, 0.1) is 20.8 Å². The van der Waals surface area contributed by atoms with E-state index < -0.39 is 0 Å². The van der Waals surface area contributed by atoms with Crippen LogP contribution in [0.1, 0.15) is 16.8 Å². The summed E-state index contributed by atoms with van der Waals surface area (Å²) in [5.41, 5.74) is 5.26. The first kappa shape index (κ1) is 16.8. The number of anilines is 4. The van der Waals surface area contributed by atoms with Crippen LogP contribution in [-0.4, -0.2) is 17.1 Å². The fourth-order valence-electron chi connectivity index (χ4n) is 2.58. The zero-order chi connectivity index (χ0) is 17.8. The van der Waals surface area contributed by atoms with Crippen LogP contribution < -0.4 is 15.4 Å². The Hall–Kier alpha value is -3.08. The van der Waals surface area contributed by atoms with Crippen LogP contribution in [0.5, 0.6) is 5.75 Å². The molecule has 0 saturated carbocycles. The lowest BCUT2D eigenvalue weighted by Crippen LogP contribution is -2.03. The van der Waals surface area contributed by atoms with E-state index in [2.05, 4.69) is 52.6 Å². The zero-order valence-electron chi connectivity index (χ0n) is 14.9. The monoisotopic (exact) mass is 334 g/mol. The van der Waals surface area contributed by atoms with Crippen molar-refractivity contribution >= 4 is 23.1 Å². The first-order chi connectivity index (χ1) is 12.0. The average molecular weight is 334 g/mol. The van der Waals surface area contributed by atoms with Gasteiger partial charge in [-0.15, -0.1) is 0 Å². The van der Waals surface area contributed by atoms with E-state index in [0.29, 0.717) is 5.95 Å². The molecule has 0 bridgehead atoms. The van der Waals surface area contributed by atoms with Gasteiger partial charge >= 0.3 is 0 Å². The molecule has 128 valence electrons. The number of aromatic nitrogens is 2. The number of benzene rings is 2. The molecule has 2 N–H and O–H groups in total. The van der Waals surface area contributed by atoms with E-state index in [1.807, 2.05) is 37.3 Å². The van der Waals surface area contributed by atoms with Crippen LogP contribution in [-0.2, 0) is 0 Å². The minimum absolute atomic E-state index is 0.553. The lowest BCUT2D eigenvalue weighted by molar-refractivity contribution is 0.415. The van der Waals surface area contributed by atoms with E-state index in [1.165, 1.54) is 11.1 Å². The van der Waals surface area contributed by atoms with E-state index in [-0.39, 0.29) is 0 Å². The minimum atomic E-state index is 0.553. The summed E-state index contributed by atoms with van der Waals surface area (Å²) in [6.07, 6.45) is 0. The van der Waals surface area contributed by atoms with Gasteiger partial charge in [-0.25, -0.2) is 4.98 Å². The van der Waals surface area contributed by atoms with Gasteiger partial charge in [-0.3, -0.25) is 0 Å². The molecule has 0 fully saturated rings. The Bertz CT molecular complexity index is 875. The second kappa shape index (κ2) is 7.21. The summed E-state index contributed by atoms with van der Waals surface area (Å²) in [6.45, 7) is 6.12. The molecule has 1 aromatic heterocycles. The molecule has 0 aliphatic rings. The molecule has 0 unspecified atom stereocenters. The number of aryl methyl sites for hydroxylation is 3. The van der Waals surface area contributed by atoms with Crippen molar-refractivity contribution in [3.05, 3.63) is 65.4 Å². The molecule has 0 atom stereocenters. The molecular weight excluding hydrogens is 312 g/mol. The molecule has 0 spiro atoms. The van der Waals surface area contributed by atoms with Gasteiger partial charge in [0, 0.05) is 23.1 Å². The average Bonchev–Trinajstić information content (AvgIpc) is 2.58. The van der Waals surface area contributed by atoms with Crippen LogP contribution >= 0.6 is 0 Å². The summed E-state index contributed by atoms with van der Waals surface area (Å²) in [7, 11) is 1.65. The molecule has 3 rings (SSSR count). The smallest absolute Gasteiger partial charge is 0.229 e.